The van der Waals surface area contributed by atoms with Crippen LogP contribution in [0.3, 0.4) is 0 Å². The first-order valence-electron chi connectivity index (χ1n) is 6.55. The van der Waals surface area contributed by atoms with Gasteiger partial charge in [0.25, 0.3) is 0 Å². The van der Waals surface area contributed by atoms with Gasteiger partial charge >= 0.3 is 0 Å². The molecule has 0 saturated carbocycles. The molecule has 0 unspecified atom stereocenters. The summed E-state index contributed by atoms with van der Waals surface area (Å²) in [5.74, 6) is -0.0543. The average Bonchev–Trinajstić information content (AvgIpc) is 3.05. The summed E-state index contributed by atoms with van der Waals surface area (Å²) >= 11 is 5.80. The highest BCUT2D eigenvalue weighted by Gasteiger charge is 2.39. The van der Waals surface area contributed by atoms with E-state index in [2.05, 4.69) is 15.1 Å². The van der Waals surface area contributed by atoms with Crippen molar-refractivity contribution in [2.24, 2.45) is 18.7 Å². The zero-order valence-electron chi connectivity index (χ0n) is 11.5. The van der Waals surface area contributed by atoms with E-state index in [1.165, 1.54) is 0 Å². The van der Waals surface area contributed by atoms with Crippen LogP contribution in [0.1, 0.15) is 11.5 Å². The average molecular weight is 307 g/mol. The van der Waals surface area contributed by atoms with Crippen LogP contribution in [-0.2, 0) is 11.8 Å². The molecule has 2 N–H and O–H groups in total. The molecule has 2 atom stereocenters. The number of carbonyl (C=O) groups excluding carboxylic acids is 1. The highest BCUT2D eigenvalue weighted by molar-refractivity contribution is 6.30. The molecule has 0 aromatic carbocycles. The van der Waals surface area contributed by atoms with E-state index >= 15 is 0 Å². The fourth-order valence-corrected chi connectivity index (χ4v) is 2.79. The molecule has 3 rings (SSSR count). The topological polar surface area (TPSA) is 89.9 Å². The van der Waals surface area contributed by atoms with Crippen LogP contribution in [-0.4, -0.2) is 38.7 Å². The van der Waals surface area contributed by atoms with Crippen molar-refractivity contribution < 1.29 is 4.79 Å². The molecule has 0 spiro atoms. The number of nitrogens with zero attached hydrogens (tertiary/aromatic N) is 5. The summed E-state index contributed by atoms with van der Waals surface area (Å²) in [6, 6.07) is 0. The minimum Gasteiger partial charge on any atom is -0.369 e. The second-order valence-corrected chi connectivity index (χ2v) is 5.61. The van der Waals surface area contributed by atoms with Gasteiger partial charge in [-0.2, -0.15) is 5.10 Å². The van der Waals surface area contributed by atoms with E-state index in [-0.39, 0.29) is 17.7 Å². The molecule has 1 aliphatic rings. The van der Waals surface area contributed by atoms with Crippen molar-refractivity contribution in [1.29, 1.82) is 0 Å². The van der Waals surface area contributed by atoms with Crippen LogP contribution in [0.4, 0.5) is 5.95 Å². The lowest BCUT2D eigenvalue weighted by Gasteiger charge is -2.15. The van der Waals surface area contributed by atoms with Gasteiger partial charge in [-0.05, 0) is 5.56 Å². The Kier molecular flexibility index (Phi) is 3.50. The molecule has 1 amide bonds. The number of aryl methyl sites for hydroxylation is 1. The van der Waals surface area contributed by atoms with Gasteiger partial charge in [-0.25, -0.2) is 9.97 Å². The lowest BCUT2D eigenvalue weighted by molar-refractivity contribution is -0.121. The van der Waals surface area contributed by atoms with Crippen molar-refractivity contribution in [2.45, 2.75) is 5.92 Å². The summed E-state index contributed by atoms with van der Waals surface area (Å²) in [5, 5.41) is 4.64. The Morgan fingerprint density at radius 1 is 1.33 bits per heavy atom. The number of hydrogen-bond acceptors (Lipinski definition) is 5. The van der Waals surface area contributed by atoms with Gasteiger partial charge in [-0.3, -0.25) is 9.48 Å². The van der Waals surface area contributed by atoms with Gasteiger partial charge < -0.3 is 10.6 Å². The third kappa shape index (κ3) is 2.69. The normalized spacial score (nSPS) is 21.7. The van der Waals surface area contributed by atoms with E-state index in [0.29, 0.717) is 24.1 Å². The van der Waals surface area contributed by atoms with Gasteiger partial charge in [0, 0.05) is 32.3 Å². The summed E-state index contributed by atoms with van der Waals surface area (Å²) < 4.78 is 1.72. The van der Waals surface area contributed by atoms with Crippen LogP contribution in [0.2, 0.25) is 5.02 Å². The van der Waals surface area contributed by atoms with Gasteiger partial charge in [-0.15, -0.1) is 0 Å². The Bertz CT molecular complexity index is 655. The first kappa shape index (κ1) is 13.8. The molecule has 21 heavy (non-hydrogen) atoms. The largest absolute Gasteiger partial charge is 0.369 e. The zero-order chi connectivity index (χ0) is 15.0. The number of aromatic nitrogens is 4. The molecule has 2 aromatic rings. The number of carbonyl (C=O) groups is 1. The Labute approximate surface area is 126 Å². The molecule has 8 heteroatoms. The van der Waals surface area contributed by atoms with Gasteiger partial charge in [0.15, 0.2) is 0 Å². The molecule has 110 valence electrons. The fourth-order valence-electron chi connectivity index (χ4n) is 2.69. The lowest BCUT2D eigenvalue weighted by atomic mass is 9.90. The molecule has 7 nitrogen and oxygen atoms in total. The smallest absolute Gasteiger partial charge is 0.225 e. The van der Waals surface area contributed by atoms with Crippen LogP contribution in [0.15, 0.2) is 24.8 Å². The van der Waals surface area contributed by atoms with Gasteiger partial charge in [0.1, 0.15) is 0 Å². The third-order valence-electron chi connectivity index (χ3n) is 3.73. The second kappa shape index (κ2) is 5.33. The summed E-state index contributed by atoms with van der Waals surface area (Å²) in [5.41, 5.74) is 6.54. The van der Waals surface area contributed by atoms with Crippen LogP contribution < -0.4 is 10.6 Å². The summed E-state index contributed by atoms with van der Waals surface area (Å²) in [4.78, 5) is 22.1. The summed E-state index contributed by atoms with van der Waals surface area (Å²) in [7, 11) is 1.85. The molecule has 0 bridgehead atoms. The number of anilines is 1. The zero-order valence-corrected chi connectivity index (χ0v) is 12.2. The predicted molar refractivity (Wildman–Crippen MR) is 77.9 cm³/mol. The van der Waals surface area contributed by atoms with Gasteiger partial charge in [0.2, 0.25) is 11.9 Å². The molecule has 1 saturated heterocycles. The Hall–Kier alpha value is -2.15. The highest BCUT2D eigenvalue weighted by atomic mass is 35.5. The second-order valence-electron chi connectivity index (χ2n) is 5.17. The Balaban J connectivity index is 1.87. The maximum absolute atomic E-state index is 11.7. The van der Waals surface area contributed by atoms with Gasteiger partial charge in [-0.1, -0.05) is 11.6 Å². The molecule has 1 aliphatic heterocycles. The van der Waals surface area contributed by atoms with Crippen LogP contribution >= 0.6 is 11.6 Å². The van der Waals surface area contributed by atoms with Crippen molar-refractivity contribution in [3.05, 3.63) is 35.4 Å². The van der Waals surface area contributed by atoms with E-state index in [4.69, 9.17) is 17.3 Å². The van der Waals surface area contributed by atoms with Crippen molar-refractivity contribution in [3.63, 3.8) is 0 Å². The van der Waals surface area contributed by atoms with Crippen LogP contribution in [0.5, 0.6) is 0 Å². The Morgan fingerprint density at radius 2 is 2.05 bits per heavy atom. The van der Waals surface area contributed by atoms with Crippen molar-refractivity contribution in [3.8, 4) is 0 Å². The number of nitrogens with two attached hydrogens (primary N) is 1. The maximum atomic E-state index is 11.7. The van der Waals surface area contributed by atoms with E-state index in [9.17, 15) is 4.79 Å². The van der Waals surface area contributed by atoms with Gasteiger partial charge in [0.05, 0.1) is 29.5 Å². The standard InChI is InChI=1S/C13H15ClN6O/c1-19-5-8(2-18-19)10-6-20(7-11(10)12(15)21)13-16-3-9(14)4-17-13/h2-5,10-11H,6-7H2,1H3,(H2,15,21)/t10-,11+/m1/s1. The highest BCUT2D eigenvalue weighted by Crippen LogP contribution is 2.33. The Morgan fingerprint density at radius 3 is 2.62 bits per heavy atom. The number of rotatable bonds is 3. The molecular formula is C13H15ClN6O. The molecule has 0 radical (unpaired) electrons. The molecule has 1 fully saturated rings. The van der Waals surface area contributed by atoms with E-state index < -0.39 is 0 Å². The minimum atomic E-state index is -0.319. The molecule has 3 heterocycles. The van der Waals surface area contributed by atoms with Crippen LogP contribution in [0, 0.1) is 5.92 Å². The van der Waals surface area contributed by atoms with E-state index in [0.717, 1.165) is 5.56 Å². The van der Waals surface area contributed by atoms with E-state index in [1.807, 2.05) is 18.1 Å². The predicted octanol–water partition coefficient (Wildman–Crippen LogP) is 0.569. The fraction of sp³-hybridized carbons (Fsp3) is 0.385. The number of hydrogen-bond donors (Lipinski definition) is 1. The number of primary amides is 1. The molecule has 2 aromatic heterocycles. The first-order valence-corrected chi connectivity index (χ1v) is 6.92. The lowest BCUT2D eigenvalue weighted by Crippen LogP contribution is -2.29. The van der Waals surface area contributed by atoms with Crippen molar-refractivity contribution in [2.75, 3.05) is 18.0 Å². The van der Waals surface area contributed by atoms with E-state index in [1.54, 1.807) is 23.3 Å². The monoisotopic (exact) mass is 306 g/mol. The summed E-state index contributed by atoms with van der Waals surface area (Å²) in [6.45, 7) is 1.12. The third-order valence-corrected chi connectivity index (χ3v) is 3.92. The number of halogens is 1. The molecular weight excluding hydrogens is 292 g/mol. The van der Waals surface area contributed by atoms with Crippen LogP contribution in [0.25, 0.3) is 0 Å². The van der Waals surface area contributed by atoms with Crippen molar-refractivity contribution in [1.82, 2.24) is 19.7 Å². The number of amides is 1. The SMILES string of the molecule is Cn1cc([C@H]2CN(c3ncc(Cl)cn3)C[C@@H]2C(N)=O)cn1. The maximum Gasteiger partial charge on any atom is 0.225 e. The van der Waals surface area contributed by atoms with Crippen molar-refractivity contribution >= 4 is 23.5 Å². The first-order chi connectivity index (χ1) is 10.0. The molecule has 0 aliphatic carbocycles. The quantitative estimate of drug-likeness (QED) is 0.895. The minimum absolute atomic E-state index is 0.00419. The summed E-state index contributed by atoms with van der Waals surface area (Å²) in [6.07, 6.45) is 6.76.